The Labute approximate surface area is 254 Å². The molecule has 0 heterocycles. The Kier molecular flexibility index (Phi) is 21.5. The molecular weight excluding hydrogens is 552 g/mol. The van der Waals surface area contributed by atoms with Crippen molar-refractivity contribution in [2.45, 2.75) is 134 Å². The van der Waals surface area contributed by atoms with Gasteiger partial charge in [0.05, 0.1) is 29.2 Å². The van der Waals surface area contributed by atoms with Gasteiger partial charge < -0.3 is 9.47 Å². The van der Waals surface area contributed by atoms with Crippen molar-refractivity contribution in [3.8, 4) is 0 Å². The van der Waals surface area contributed by atoms with E-state index < -0.39 is 27.0 Å². The highest BCUT2D eigenvalue weighted by Crippen LogP contribution is 2.19. The zero-order valence-corrected chi connectivity index (χ0v) is 26.8. The van der Waals surface area contributed by atoms with E-state index in [2.05, 4.69) is 38.2 Å². The molecule has 0 radical (unpaired) electrons. The summed E-state index contributed by atoms with van der Waals surface area (Å²) >= 11 is 0. The lowest BCUT2D eigenvalue weighted by molar-refractivity contribution is 0.0450. The van der Waals surface area contributed by atoms with Crippen molar-refractivity contribution >= 4 is 22.1 Å². The first-order chi connectivity index (χ1) is 20.3. The van der Waals surface area contributed by atoms with E-state index in [-0.39, 0.29) is 24.3 Å². The number of carbonyl (C=O) groups is 2. The Morgan fingerprint density at radius 3 is 1.48 bits per heavy atom. The van der Waals surface area contributed by atoms with Gasteiger partial charge in [0.1, 0.15) is 0 Å². The minimum atomic E-state index is -4.56. The van der Waals surface area contributed by atoms with E-state index in [1.165, 1.54) is 44.6 Å². The molecule has 1 rings (SSSR count). The normalized spacial score (nSPS) is 11.9. The maximum Gasteiger partial charge on any atom is 0.339 e. The molecule has 238 valence electrons. The molecule has 0 fully saturated rings. The summed E-state index contributed by atoms with van der Waals surface area (Å²) in [5.41, 5.74) is -0.296. The van der Waals surface area contributed by atoms with Gasteiger partial charge in [0.25, 0.3) is 10.1 Å². The molecule has 0 aliphatic rings. The minimum Gasteiger partial charge on any atom is -0.462 e. The number of carbonyl (C=O) groups excluding carboxylic acids is 2. The molecule has 0 amide bonds. The van der Waals surface area contributed by atoms with Crippen molar-refractivity contribution < 1.29 is 32.0 Å². The molecule has 0 saturated carbocycles. The van der Waals surface area contributed by atoms with Gasteiger partial charge in [-0.1, -0.05) is 102 Å². The first kappa shape index (κ1) is 37.6. The zero-order valence-electron chi connectivity index (χ0n) is 26.0. The fourth-order valence-electron chi connectivity index (χ4n) is 4.46. The average molecular weight is 607 g/mol. The zero-order chi connectivity index (χ0) is 30.9. The summed E-state index contributed by atoms with van der Waals surface area (Å²) < 4.78 is 43.4. The topological polar surface area (TPSA) is 107 Å². The Bertz CT molecular complexity index is 1040. The molecule has 0 saturated heterocycles. The average Bonchev–Trinajstić information content (AvgIpc) is 2.97. The lowest BCUT2D eigenvalue weighted by Gasteiger charge is -2.11. The Morgan fingerprint density at radius 1 is 0.619 bits per heavy atom. The second-order valence-electron chi connectivity index (χ2n) is 10.8. The maximum atomic E-state index is 12.8. The van der Waals surface area contributed by atoms with Crippen LogP contribution in [-0.2, 0) is 19.6 Å². The van der Waals surface area contributed by atoms with Crippen LogP contribution in [0.25, 0.3) is 0 Å². The maximum absolute atomic E-state index is 12.8. The van der Waals surface area contributed by atoms with Crippen LogP contribution in [0, 0.1) is 0 Å². The van der Waals surface area contributed by atoms with Crippen molar-refractivity contribution in [2.75, 3.05) is 13.2 Å². The van der Waals surface area contributed by atoms with Crippen molar-refractivity contribution in [3.05, 3.63) is 53.6 Å². The number of benzene rings is 1. The van der Waals surface area contributed by atoms with Gasteiger partial charge in [0.2, 0.25) is 0 Å². The van der Waals surface area contributed by atoms with Crippen LogP contribution >= 0.6 is 0 Å². The molecule has 1 N–H and O–H groups in total. The number of rotatable bonds is 25. The molecule has 42 heavy (non-hydrogen) atoms. The van der Waals surface area contributed by atoms with E-state index >= 15 is 0 Å². The van der Waals surface area contributed by atoms with E-state index in [1.807, 2.05) is 0 Å². The quantitative estimate of drug-likeness (QED) is 0.0511. The fraction of sp³-hybridized carbons (Fsp3) is 0.647. The SMILES string of the molecule is CCC/C=C/CCCCCCCCOC(=O)c1ccc(S(=O)(=O)O)cc1C(=O)OCCCCCCCC/C=C/CCC. The van der Waals surface area contributed by atoms with Crippen LogP contribution < -0.4 is 0 Å². The minimum absolute atomic E-state index is 0.0727. The third-order valence-corrected chi connectivity index (χ3v) is 7.82. The molecule has 0 aliphatic heterocycles. The Hall–Kier alpha value is -2.45. The van der Waals surface area contributed by atoms with Crippen LogP contribution in [0.5, 0.6) is 0 Å². The highest BCUT2D eigenvalue weighted by molar-refractivity contribution is 7.85. The first-order valence-electron chi connectivity index (χ1n) is 16.1. The smallest absolute Gasteiger partial charge is 0.339 e. The van der Waals surface area contributed by atoms with Gasteiger partial charge in [0.15, 0.2) is 0 Å². The van der Waals surface area contributed by atoms with Gasteiger partial charge in [-0.3, -0.25) is 4.55 Å². The summed E-state index contributed by atoms with van der Waals surface area (Å²) in [6.45, 7) is 4.72. The number of hydrogen-bond acceptors (Lipinski definition) is 6. The van der Waals surface area contributed by atoms with Gasteiger partial charge in [-0.25, -0.2) is 9.59 Å². The molecule has 0 aromatic heterocycles. The molecule has 0 bridgehead atoms. The molecule has 8 heteroatoms. The van der Waals surface area contributed by atoms with Gasteiger partial charge in [-0.2, -0.15) is 8.42 Å². The second kappa shape index (κ2) is 24.0. The number of unbranched alkanes of at least 4 members (excludes halogenated alkanes) is 14. The molecule has 0 unspecified atom stereocenters. The molecule has 0 atom stereocenters. The summed E-state index contributed by atoms with van der Waals surface area (Å²) in [7, 11) is -4.56. The molecule has 7 nitrogen and oxygen atoms in total. The van der Waals surface area contributed by atoms with Gasteiger partial charge >= 0.3 is 11.9 Å². The highest BCUT2D eigenvalue weighted by Gasteiger charge is 2.23. The van der Waals surface area contributed by atoms with Gasteiger partial charge in [-0.05, 0) is 69.6 Å². The lowest BCUT2D eigenvalue weighted by atomic mass is 10.1. The van der Waals surface area contributed by atoms with Crippen molar-refractivity contribution in [1.82, 2.24) is 0 Å². The third-order valence-electron chi connectivity index (χ3n) is 6.97. The summed E-state index contributed by atoms with van der Waals surface area (Å²) in [5, 5.41) is 0. The van der Waals surface area contributed by atoms with Crippen molar-refractivity contribution in [3.63, 3.8) is 0 Å². The van der Waals surface area contributed by atoms with E-state index in [0.717, 1.165) is 76.3 Å². The summed E-state index contributed by atoms with van der Waals surface area (Å²) in [5.74, 6) is -1.52. The molecule has 1 aromatic rings. The van der Waals surface area contributed by atoms with Crippen LogP contribution in [-0.4, -0.2) is 38.1 Å². The number of ether oxygens (including phenoxy) is 2. The number of hydrogen-bond donors (Lipinski definition) is 1. The highest BCUT2D eigenvalue weighted by atomic mass is 32.2. The monoisotopic (exact) mass is 606 g/mol. The summed E-state index contributed by atoms with van der Waals surface area (Å²) in [4.78, 5) is 25.0. The standard InChI is InChI=1S/C34H54O7S/c1-3-5-7-9-11-13-15-17-19-21-23-27-40-33(35)31-26-25-30(42(37,38)39)29-32(31)34(36)41-28-24-22-20-18-16-14-12-10-8-6-4-2/h7-10,25-26,29H,3-6,11-24,27-28H2,1-2H3,(H,37,38,39)/b9-7+,10-8+. The van der Waals surface area contributed by atoms with E-state index in [0.29, 0.717) is 12.8 Å². The fourth-order valence-corrected chi connectivity index (χ4v) is 4.97. The first-order valence-corrected chi connectivity index (χ1v) is 17.5. The molecular formula is C34H54O7S. The number of esters is 2. The second-order valence-corrected chi connectivity index (χ2v) is 12.2. The summed E-state index contributed by atoms with van der Waals surface area (Å²) in [6.07, 6.45) is 28.2. The predicted octanol–water partition coefficient (Wildman–Crippen LogP) is 9.42. The third kappa shape index (κ3) is 18.2. The Balaban J connectivity index is 2.43. The molecule has 0 aliphatic carbocycles. The van der Waals surface area contributed by atoms with E-state index in [4.69, 9.17) is 9.47 Å². The van der Waals surface area contributed by atoms with Crippen LogP contribution in [0.15, 0.2) is 47.4 Å². The van der Waals surface area contributed by atoms with Crippen molar-refractivity contribution in [2.24, 2.45) is 0 Å². The summed E-state index contributed by atoms with van der Waals surface area (Å²) in [6, 6.07) is 3.24. The lowest BCUT2D eigenvalue weighted by Crippen LogP contribution is -2.16. The largest absolute Gasteiger partial charge is 0.462 e. The van der Waals surface area contributed by atoms with Crippen LogP contribution in [0.2, 0.25) is 0 Å². The number of allylic oxidation sites excluding steroid dienone is 4. The van der Waals surface area contributed by atoms with E-state index in [9.17, 15) is 22.6 Å². The Morgan fingerprint density at radius 2 is 1.02 bits per heavy atom. The van der Waals surface area contributed by atoms with E-state index in [1.54, 1.807) is 0 Å². The van der Waals surface area contributed by atoms with Gasteiger partial charge in [0, 0.05) is 0 Å². The van der Waals surface area contributed by atoms with Gasteiger partial charge in [-0.15, -0.1) is 0 Å². The molecule has 0 spiro atoms. The van der Waals surface area contributed by atoms with Crippen LogP contribution in [0.1, 0.15) is 150 Å². The predicted molar refractivity (Wildman–Crippen MR) is 170 cm³/mol. The van der Waals surface area contributed by atoms with Crippen LogP contribution in [0.4, 0.5) is 0 Å². The molecule has 1 aromatic carbocycles. The van der Waals surface area contributed by atoms with Crippen LogP contribution in [0.3, 0.4) is 0 Å². The van der Waals surface area contributed by atoms with Crippen molar-refractivity contribution in [1.29, 1.82) is 0 Å².